The Bertz CT molecular complexity index is 468. The third-order valence-electron chi connectivity index (χ3n) is 3.84. The molecule has 5 nitrogen and oxygen atoms in total. The topological polar surface area (TPSA) is 41.4 Å². The summed E-state index contributed by atoms with van der Waals surface area (Å²) in [6.45, 7) is 7.15. The third kappa shape index (κ3) is 3.80. The Morgan fingerprint density at radius 1 is 0.952 bits per heavy atom. The molecule has 5 heteroatoms. The van der Waals surface area contributed by atoms with E-state index in [9.17, 15) is 0 Å². The van der Waals surface area contributed by atoms with Crippen molar-refractivity contribution >= 4 is 0 Å². The molecule has 0 amide bonds. The van der Waals surface area contributed by atoms with E-state index in [1.54, 1.807) is 21.3 Å². The van der Waals surface area contributed by atoms with Crippen LogP contribution in [0.15, 0.2) is 12.1 Å². The van der Waals surface area contributed by atoms with Crippen LogP contribution in [0.1, 0.15) is 19.4 Å². The molecule has 1 heterocycles. The number of morpholine rings is 1. The highest BCUT2D eigenvalue weighted by molar-refractivity contribution is 5.50. The van der Waals surface area contributed by atoms with Crippen LogP contribution in [0.2, 0.25) is 0 Å². The SMILES string of the molecule is COc1cc(OC)c(OC)cc1C[NH+]1C[C@@H](C)O[C@@H](C)C1. The van der Waals surface area contributed by atoms with Gasteiger partial charge in [-0.15, -0.1) is 0 Å². The molecule has 1 aliphatic rings. The van der Waals surface area contributed by atoms with Crippen LogP contribution in [-0.4, -0.2) is 46.6 Å². The Labute approximate surface area is 126 Å². The summed E-state index contributed by atoms with van der Waals surface area (Å²) in [6, 6.07) is 3.90. The minimum absolute atomic E-state index is 0.287. The Kier molecular flexibility index (Phi) is 5.31. The molecule has 0 spiro atoms. The molecule has 1 unspecified atom stereocenters. The van der Waals surface area contributed by atoms with Crippen molar-refractivity contribution in [2.24, 2.45) is 0 Å². The van der Waals surface area contributed by atoms with E-state index < -0.39 is 0 Å². The zero-order valence-corrected chi connectivity index (χ0v) is 13.6. The normalized spacial score (nSPS) is 25.5. The molecule has 1 N–H and O–H groups in total. The summed E-state index contributed by atoms with van der Waals surface area (Å²) in [4.78, 5) is 1.49. The van der Waals surface area contributed by atoms with Gasteiger partial charge in [0, 0.05) is 6.07 Å². The Balaban J connectivity index is 2.22. The van der Waals surface area contributed by atoms with Gasteiger partial charge < -0.3 is 23.8 Å². The summed E-state index contributed by atoms with van der Waals surface area (Å²) in [6.07, 6.45) is 0.574. The van der Waals surface area contributed by atoms with Gasteiger partial charge in [0.05, 0.1) is 26.9 Å². The van der Waals surface area contributed by atoms with E-state index in [1.807, 2.05) is 12.1 Å². The summed E-state index contributed by atoms with van der Waals surface area (Å²) < 4.78 is 22.0. The van der Waals surface area contributed by atoms with Crippen LogP contribution >= 0.6 is 0 Å². The average molecular weight is 296 g/mol. The fourth-order valence-corrected chi connectivity index (χ4v) is 3.03. The van der Waals surface area contributed by atoms with Crippen molar-refractivity contribution in [1.29, 1.82) is 0 Å². The first-order valence-electron chi connectivity index (χ1n) is 7.35. The Morgan fingerprint density at radius 2 is 1.48 bits per heavy atom. The van der Waals surface area contributed by atoms with Crippen LogP contribution < -0.4 is 19.1 Å². The van der Waals surface area contributed by atoms with Crippen molar-refractivity contribution in [2.45, 2.75) is 32.6 Å². The first-order valence-corrected chi connectivity index (χ1v) is 7.35. The van der Waals surface area contributed by atoms with Gasteiger partial charge in [-0.05, 0) is 19.9 Å². The summed E-state index contributed by atoms with van der Waals surface area (Å²) in [5, 5.41) is 0. The fraction of sp³-hybridized carbons (Fsp3) is 0.625. The highest BCUT2D eigenvalue weighted by Gasteiger charge is 2.27. The molecule has 1 aliphatic heterocycles. The molecular formula is C16H26NO4+. The summed E-state index contributed by atoms with van der Waals surface area (Å²) >= 11 is 0. The highest BCUT2D eigenvalue weighted by atomic mass is 16.5. The number of hydrogen-bond donors (Lipinski definition) is 1. The second kappa shape index (κ2) is 7.00. The molecule has 118 valence electrons. The maximum Gasteiger partial charge on any atom is 0.164 e. The van der Waals surface area contributed by atoms with Gasteiger partial charge in [-0.3, -0.25) is 0 Å². The van der Waals surface area contributed by atoms with Crippen molar-refractivity contribution in [3.8, 4) is 17.2 Å². The van der Waals surface area contributed by atoms with Gasteiger partial charge in [0.2, 0.25) is 0 Å². The van der Waals surface area contributed by atoms with Crippen LogP contribution in [0.4, 0.5) is 0 Å². The summed E-state index contributed by atoms with van der Waals surface area (Å²) in [7, 11) is 4.97. The average Bonchev–Trinajstić information content (AvgIpc) is 2.45. The van der Waals surface area contributed by atoms with E-state index in [4.69, 9.17) is 18.9 Å². The van der Waals surface area contributed by atoms with Crippen molar-refractivity contribution in [3.05, 3.63) is 17.7 Å². The first-order chi connectivity index (χ1) is 10.1. The van der Waals surface area contributed by atoms with E-state index in [0.29, 0.717) is 5.75 Å². The molecule has 1 aromatic rings. The molecule has 0 aliphatic carbocycles. The first kappa shape index (κ1) is 15.9. The van der Waals surface area contributed by atoms with Crippen LogP contribution in [0.25, 0.3) is 0 Å². The minimum Gasteiger partial charge on any atom is -0.496 e. The maximum atomic E-state index is 5.80. The third-order valence-corrected chi connectivity index (χ3v) is 3.84. The number of hydrogen-bond acceptors (Lipinski definition) is 4. The van der Waals surface area contributed by atoms with E-state index >= 15 is 0 Å². The Hall–Kier alpha value is -1.46. The van der Waals surface area contributed by atoms with E-state index in [0.717, 1.165) is 36.7 Å². The molecule has 0 radical (unpaired) electrons. The highest BCUT2D eigenvalue weighted by Crippen LogP contribution is 2.34. The predicted molar refractivity (Wildman–Crippen MR) is 80.5 cm³/mol. The number of rotatable bonds is 5. The molecule has 0 saturated carbocycles. The molecule has 0 aromatic heterocycles. The van der Waals surface area contributed by atoms with Gasteiger partial charge in [-0.2, -0.15) is 0 Å². The number of nitrogens with one attached hydrogen (secondary N) is 1. The largest absolute Gasteiger partial charge is 0.496 e. The van der Waals surface area contributed by atoms with Crippen molar-refractivity contribution < 1.29 is 23.8 Å². The number of methoxy groups -OCH3 is 3. The monoisotopic (exact) mass is 296 g/mol. The van der Waals surface area contributed by atoms with Crippen LogP contribution in [-0.2, 0) is 11.3 Å². The molecule has 2 rings (SSSR count). The smallest absolute Gasteiger partial charge is 0.164 e. The molecule has 3 atom stereocenters. The van der Waals surface area contributed by atoms with Gasteiger partial charge in [-0.25, -0.2) is 0 Å². The zero-order valence-electron chi connectivity index (χ0n) is 13.6. The van der Waals surface area contributed by atoms with Crippen LogP contribution in [0, 0.1) is 0 Å². The minimum atomic E-state index is 0.287. The van der Waals surface area contributed by atoms with Gasteiger partial charge in [0.1, 0.15) is 37.6 Å². The lowest BCUT2D eigenvalue weighted by atomic mass is 10.1. The molecule has 1 saturated heterocycles. The standard InChI is InChI=1S/C16H25NO4/c1-11-8-17(9-12(2)21-11)10-13-6-15(19-4)16(20-5)7-14(13)18-3/h6-7,11-12H,8-10H2,1-5H3/p+1/t11-,12+. The second-order valence-electron chi connectivity index (χ2n) is 5.61. The van der Waals surface area contributed by atoms with Crippen molar-refractivity contribution in [1.82, 2.24) is 0 Å². The van der Waals surface area contributed by atoms with Crippen molar-refractivity contribution in [2.75, 3.05) is 34.4 Å². The van der Waals surface area contributed by atoms with Gasteiger partial charge in [0.25, 0.3) is 0 Å². The lowest BCUT2D eigenvalue weighted by Crippen LogP contribution is -3.14. The van der Waals surface area contributed by atoms with Crippen molar-refractivity contribution in [3.63, 3.8) is 0 Å². The molecular weight excluding hydrogens is 270 g/mol. The molecule has 21 heavy (non-hydrogen) atoms. The zero-order chi connectivity index (χ0) is 15.4. The van der Waals surface area contributed by atoms with Gasteiger partial charge in [0.15, 0.2) is 11.5 Å². The van der Waals surface area contributed by atoms with E-state index in [-0.39, 0.29) is 12.2 Å². The van der Waals surface area contributed by atoms with Gasteiger partial charge in [-0.1, -0.05) is 0 Å². The summed E-state index contributed by atoms with van der Waals surface area (Å²) in [5.74, 6) is 2.27. The van der Waals surface area contributed by atoms with E-state index in [1.165, 1.54) is 4.90 Å². The number of ether oxygens (including phenoxy) is 4. The number of benzene rings is 1. The number of quaternary nitrogens is 1. The summed E-state index contributed by atoms with van der Waals surface area (Å²) in [5.41, 5.74) is 1.13. The quantitative estimate of drug-likeness (QED) is 0.877. The molecule has 1 fully saturated rings. The second-order valence-corrected chi connectivity index (χ2v) is 5.61. The van der Waals surface area contributed by atoms with E-state index in [2.05, 4.69) is 13.8 Å². The Morgan fingerprint density at radius 3 is 2.00 bits per heavy atom. The molecule has 1 aromatic carbocycles. The fourth-order valence-electron chi connectivity index (χ4n) is 3.03. The van der Waals surface area contributed by atoms with Crippen LogP contribution in [0.5, 0.6) is 17.2 Å². The lowest BCUT2D eigenvalue weighted by molar-refractivity contribution is -0.928. The predicted octanol–water partition coefficient (Wildman–Crippen LogP) is 0.905. The maximum absolute atomic E-state index is 5.80. The lowest BCUT2D eigenvalue weighted by Gasteiger charge is -2.32. The van der Waals surface area contributed by atoms with Gasteiger partial charge >= 0.3 is 0 Å². The van der Waals surface area contributed by atoms with Crippen LogP contribution in [0.3, 0.4) is 0 Å². The molecule has 0 bridgehead atoms.